The number of alkyl halides is 1. The Balaban J connectivity index is 2.44. The first-order valence-electron chi connectivity index (χ1n) is 5.67. The second-order valence-corrected chi connectivity index (χ2v) is 4.91. The molecule has 0 spiro atoms. The lowest BCUT2D eigenvalue weighted by atomic mass is 10.1. The molecule has 110 valence electrons. The van der Waals surface area contributed by atoms with Gasteiger partial charge in [0.2, 0.25) is 6.17 Å². The molecule has 1 unspecified atom stereocenters. The Bertz CT molecular complexity index is 671. The highest BCUT2D eigenvalue weighted by molar-refractivity contribution is 9.10. The molecule has 7 heteroatoms. The van der Waals surface area contributed by atoms with Crippen LogP contribution >= 0.6 is 15.9 Å². The molecule has 1 atom stereocenters. The first-order valence-corrected chi connectivity index (χ1v) is 6.47. The number of carboxylic acids is 1. The minimum Gasteiger partial charge on any atom is -0.479 e. The van der Waals surface area contributed by atoms with Gasteiger partial charge in [-0.25, -0.2) is 18.0 Å². The highest BCUT2D eigenvalue weighted by Crippen LogP contribution is 2.37. The summed E-state index contributed by atoms with van der Waals surface area (Å²) in [6.07, 6.45) is -2.34. The van der Waals surface area contributed by atoms with Gasteiger partial charge in [-0.15, -0.1) is 0 Å². The van der Waals surface area contributed by atoms with Crippen LogP contribution in [0.25, 0.3) is 0 Å². The molecule has 0 radical (unpaired) electrons. The second kappa shape index (κ2) is 6.17. The molecular weight excluding hydrogens is 353 g/mol. The number of ether oxygens (including phenoxy) is 1. The number of aliphatic carboxylic acids is 1. The summed E-state index contributed by atoms with van der Waals surface area (Å²) >= 11 is 3.03. The van der Waals surface area contributed by atoms with Crippen LogP contribution in [0, 0.1) is 11.6 Å². The van der Waals surface area contributed by atoms with E-state index in [1.54, 1.807) is 0 Å². The van der Waals surface area contributed by atoms with Crippen molar-refractivity contribution in [3.63, 3.8) is 0 Å². The monoisotopic (exact) mass is 360 g/mol. The molecule has 21 heavy (non-hydrogen) atoms. The standard InChI is InChI=1S/C14H8BrF3O3/c15-10-2-1-3-11(12(10)13(18)14(19)20)21-9-5-7(16)4-8(17)6-9/h1-6,13H,(H,19,20). The Morgan fingerprint density at radius 1 is 1.19 bits per heavy atom. The normalized spacial score (nSPS) is 12.0. The van der Waals surface area contributed by atoms with Crippen molar-refractivity contribution >= 4 is 21.9 Å². The Hall–Kier alpha value is -2.02. The number of rotatable bonds is 4. The van der Waals surface area contributed by atoms with Gasteiger partial charge in [-0.1, -0.05) is 22.0 Å². The largest absolute Gasteiger partial charge is 0.479 e. The summed E-state index contributed by atoms with van der Waals surface area (Å²) in [7, 11) is 0. The van der Waals surface area contributed by atoms with Crippen LogP contribution in [0.2, 0.25) is 0 Å². The Labute approximate surface area is 126 Å². The highest BCUT2D eigenvalue weighted by Gasteiger charge is 2.25. The number of benzene rings is 2. The molecule has 0 aliphatic heterocycles. The van der Waals surface area contributed by atoms with Crippen molar-refractivity contribution in [1.29, 1.82) is 0 Å². The summed E-state index contributed by atoms with van der Waals surface area (Å²) < 4.78 is 45.4. The fourth-order valence-corrected chi connectivity index (χ4v) is 2.24. The molecular formula is C14H8BrF3O3. The van der Waals surface area contributed by atoms with E-state index in [0.717, 1.165) is 12.1 Å². The van der Waals surface area contributed by atoms with Crippen molar-refractivity contribution in [2.45, 2.75) is 6.17 Å². The molecule has 0 aliphatic carbocycles. The van der Waals surface area contributed by atoms with E-state index in [4.69, 9.17) is 9.84 Å². The molecule has 1 N–H and O–H groups in total. The van der Waals surface area contributed by atoms with Gasteiger partial charge >= 0.3 is 5.97 Å². The molecule has 0 aliphatic rings. The van der Waals surface area contributed by atoms with Crippen molar-refractivity contribution in [1.82, 2.24) is 0 Å². The zero-order valence-electron chi connectivity index (χ0n) is 10.3. The lowest BCUT2D eigenvalue weighted by molar-refractivity contribution is -0.143. The Kier molecular flexibility index (Phi) is 4.52. The molecule has 2 aromatic rings. The summed E-state index contributed by atoms with van der Waals surface area (Å²) in [6.45, 7) is 0. The van der Waals surface area contributed by atoms with Gasteiger partial charge in [0.15, 0.2) is 0 Å². The lowest BCUT2D eigenvalue weighted by Crippen LogP contribution is -2.08. The predicted octanol–water partition coefficient (Wildman–Crippen LogP) is 4.61. The number of hydrogen-bond acceptors (Lipinski definition) is 2. The average Bonchev–Trinajstić information content (AvgIpc) is 2.36. The molecule has 0 fully saturated rings. The SMILES string of the molecule is O=C(O)C(F)c1c(Br)cccc1Oc1cc(F)cc(F)c1. The van der Waals surface area contributed by atoms with Crippen LogP contribution in [0.3, 0.4) is 0 Å². The third kappa shape index (κ3) is 3.55. The minimum absolute atomic E-state index is 0.149. The van der Waals surface area contributed by atoms with Crippen molar-refractivity contribution in [3.05, 3.63) is 58.1 Å². The number of halogens is 4. The summed E-state index contributed by atoms with van der Waals surface area (Å²) in [6, 6.07) is 6.68. The van der Waals surface area contributed by atoms with E-state index in [9.17, 15) is 18.0 Å². The zero-order chi connectivity index (χ0) is 15.6. The van der Waals surface area contributed by atoms with Gasteiger partial charge in [-0.3, -0.25) is 0 Å². The van der Waals surface area contributed by atoms with Crippen molar-refractivity contribution in [3.8, 4) is 11.5 Å². The maximum absolute atomic E-state index is 13.8. The topological polar surface area (TPSA) is 46.5 Å². The average molecular weight is 361 g/mol. The second-order valence-electron chi connectivity index (χ2n) is 4.06. The van der Waals surface area contributed by atoms with Gasteiger partial charge in [0, 0.05) is 22.7 Å². The van der Waals surface area contributed by atoms with E-state index >= 15 is 0 Å². The molecule has 0 heterocycles. The molecule has 0 amide bonds. The quantitative estimate of drug-likeness (QED) is 0.865. The first-order chi connectivity index (χ1) is 9.88. The van der Waals surface area contributed by atoms with E-state index in [1.807, 2.05) is 0 Å². The predicted molar refractivity (Wildman–Crippen MR) is 72.1 cm³/mol. The van der Waals surface area contributed by atoms with Gasteiger partial charge in [0.1, 0.15) is 23.1 Å². The molecule has 3 nitrogen and oxygen atoms in total. The summed E-state index contributed by atoms with van der Waals surface area (Å²) in [5.41, 5.74) is -0.269. The van der Waals surface area contributed by atoms with E-state index < -0.39 is 23.8 Å². The van der Waals surface area contributed by atoms with Crippen molar-refractivity contribution in [2.75, 3.05) is 0 Å². The number of hydrogen-bond donors (Lipinski definition) is 1. The van der Waals surface area contributed by atoms with Gasteiger partial charge < -0.3 is 9.84 Å². The van der Waals surface area contributed by atoms with Crippen LogP contribution in [-0.4, -0.2) is 11.1 Å². The van der Waals surface area contributed by atoms with Crippen LogP contribution in [0.15, 0.2) is 40.9 Å². The van der Waals surface area contributed by atoms with Crippen molar-refractivity contribution in [2.24, 2.45) is 0 Å². The number of carbonyl (C=O) groups is 1. The van der Waals surface area contributed by atoms with E-state index in [-0.39, 0.29) is 21.5 Å². The molecule has 0 saturated heterocycles. The van der Waals surface area contributed by atoms with E-state index in [1.165, 1.54) is 18.2 Å². The molecule has 0 aromatic heterocycles. The summed E-state index contributed by atoms with van der Waals surface area (Å²) in [4.78, 5) is 10.8. The summed E-state index contributed by atoms with van der Waals surface area (Å²) in [5.74, 6) is -3.78. The van der Waals surface area contributed by atoms with Crippen LogP contribution in [0.5, 0.6) is 11.5 Å². The molecule has 0 saturated carbocycles. The third-order valence-corrected chi connectivity index (χ3v) is 3.24. The van der Waals surface area contributed by atoms with Crippen molar-refractivity contribution < 1.29 is 27.8 Å². The minimum atomic E-state index is -2.34. The Morgan fingerprint density at radius 2 is 1.81 bits per heavy atom. The maximum atomic E-state index is 13.8. The molecule has 2 aromatic carbocycles. The fraction of sp³-hybridized carbons (Fsp3) is 0.0714. The summed E-state index contributed by atoms with van der Waals surface area (Å²) in [5, 5.41) is 8.77. The van der Waals surface area contributed by atoms with Gasteiger partial charge in [-0.2, -0.15) is 0 Å². The Morgan fingerprint density at radius 3 is 2.38 bits per heavy atom. The molecule has 0 bridgehead atoms. The van der Waals surface area contributed by atoms with Crippen LogP contribution in [0.1, 0.15) is 11.7 Å². The first kappa shape index (κ1) is 15.4. The highest BCUT2D eigenvalue weighted by atomic mass is 79.9. The van der Waals surface area contributed by atoms with Crippen LogP contribution < -0.4 is 4.74 Å². The van der Waals surface area contributed by atoms with Gasteiger partial charge in [0.25, 0.3) is 0 Å². The van der Waals surface area contributed by atoms with Crippen LogP contribution in [-0.2, 0) is 4.79 Å². The van der Waals surface area contributed by atoms with Crippen LogP contribution in [0.4, 0.5) is 13.2 Å². The lowest BCUT2D eigenvalue weighted by Gasteiger charge is -2.14. The van der Waals surface area contributed by atoms with E-state index in [2.05, 4.69) is 15.9 Å². The maximum Gasteiger partial charge on any atom is 0.343 e. The fourth-order valence-electron chi connectivity index (χ4n) is 1.69. The van der Waals surface area contributed by atoms with E-state index in [0.29, 0.717) is 6.07 Å². The smallest absolute Gasteiger partial charge is 0.343 e. The van der Waals surface area contributed by atoms with Gasteiger partial charge in [-0.05, 0) is 12.1 Å². The zero-order valence-corrected chi connectivity index (χ0v) is 11.9. The van der Waals surface area contributed by atoms with Gasteiger partial charge in [0.05, 0.1) is 5.56 Å². The third-order valence-electron chi connectivity index (χ3n) is 2.55. The molecule has 2 rings (SSSR count). The number of carboxylic acid groups (broad SMARTS) is 1.